The van der Waals surface area contributed by atoms with Gasteiger partial charge >= 0.3 is 0 Å². The van der Waals surface area contributed by atoms with E-state index in [1.807, 2.05) is 0 Å². The lowest BCUT2D eigenvalue weighted by Crippen LogP contribution is -2.07. The molecule has 4 heteroatoms. The van der Waals surface area contributed by atoms with Gasteiger partial charge < -0.3 is 10.5 Å². The van der Waals surface area contributed by atoms with Crippen molar-refractivity contribution in [3.63, 3.8) is 0 Å². The molecule has 0 spiro atoms. The van der Waals surface area contributed by atoms with E-state index in [-0.39, 0.29) is 5.92 Å². The molecule has 4 nitrogen and oxygen atoms in total. The van der Waals surface area contributed by atoms with E-state index in [4.69, 9.17) is 10.5 Å². The molecule has 1 rings (SSSR count). The number of nitrogens with two attached hydrogens (primary N) is 1. The second-order valence-electron chi connectivity index (χ2n) is 5.25. The van der Waals surface area contributed by atoms with Crippen LogP contribution in [0.2, 0.25) is 0 Å². The molecule has 0 unspecified atom stereocenters. The highest BCUT2D eigenvalue weighted by molar-refractivity contribution is 5.46. The van der Waals surface area contributed by atoms with Crippen LogP contribution < -0.4 is 10.5 Å². The molecule has 0 aromatic carbocycles. The topological polar surface area (TPSA) is 61.0 Å². The SMILES string of the molecule is CCCCCCCCOc1ncnc(N)c1C(C)C. The molecule has 108 valence electrons. The van der Waals surface area contributed by atoms with E-state index in [1.54, 1.807) is 0 Å². The van der Waals surface area contributed by atoms with Crippen molar-refractivity contribution in [3.8, 4) is 5.88 Å². The van der Waals surface area contributed by atoms with Gasteiger partial charge in [-0.15, -0.1) is 0 Å². The van der Waals surface area contributed by atoms with Gasteiger partial charge in [0.1, 0.15) is 12.1 Å². The van der Waals surface area contributed by atoms with Gasteiger partial charge in [0.25, 0.3) is 0 Å². The third-order valence-corrected chi connectivity index (χ3v) is 3.19. The molecule has 0 saturated heterocycles. The van der Waals surface area contributed by atoms with Gasteiger partial charge in [-0.1, -0.05) is 52.9 Å². The largest absolute Gasteiger partial charge is 0.477 e. The molecule has 2 N–H and O–H groups in total. The fraction of sp³-hybridized carbons (Fsp3) is 0.733. The average Bonchev–Trinajstić information content (AvgIpc) is 2.37. The quantitative estimate of drug-likeness (QED) is 0.687. The number of hydrogen-bond donors (Lipinski definition) is 1. The Morgan fingerprint density at radius 1 is 1.11 bits per heavy atom. The second kappa shape index (κ2) is 8.73. The highest BCUT2D eigenvalue weighted by Gasteiger charge is 2.13. The van der Waals surface area contributed by atoms with Crippen LogP contribution in [0.25, 0.3) is 0 Å². The molecule has 1 aromatic rings. The smallest absolute Gasteiger partial charge is 0.222 e. The molecular weight excluding hydrogens is 238 g/mol. The van der Waals surface area contributed by atoms with Gasteiger partial charge in [-0.3, -0.25) is 0 Å². The zero-order valence-corrected chi connectivity index (χ0v) is 12.5. The van der Waals surface area contributed by atoms with Crippen LogP contribution in [-0.4, -0.2) is 16.6 Å². The average molecular weight is 265 g/mol. The molecule has 1 heterocycles. The number of anilines is 1. The van der Waals surface area contributed by atoms with Crippen LogP contribution in [-0.2, 0) is 0 Å². The monoisotopic (exact) mass is 265 g/mol. The second-order valence-corrected chi connectivity index (χ2v) is 5.25. The first-order valence-electron chi connectivity index (χ1n) is 7.40. The Morgan fingerprint density at radius 3 is 2.47 bits per heavy atom. The number of hydrogen-bond acceptors (Lipinski definition) is 4. The summed E-state index contributed by atoms with van der Waals surface area (Å²) in [7, 11) is 0. The normalized spacial score (nSPS) is 10.9. The van der Waals surface area contributed by atoms with Crippen LogP contribution in [0.3, 0.4) is 0 Å². The summed E-state index contributed by atoms with van der Waals surface area (Å²) in [6.45, 7) is 7.09. The van der Waals surface area contributed by atoms with Crippen molar-refractivity contribution in [3.05, 3.63) is 11.9 Å². The Hall–Kier alpha value is -1.32. The molecule has 0 radical (unpaired) electrons. The summed E-state index contributed by atoms with van der Waals surface area (Å²) in [6.07, 6.45) is 9.00. The van der Waals surface area contributed by atoms with Gasteiger partial charge in [-0.25, -0.2) is 9.97 Å². The maximum Gasteiger partial charge on any atom is 0.222 e. The highest BCUT2D eigenvalue weighted by Crippen LogP contribution is 2.28. The van der Waals surface area contributed by atoms with E-state index >= 15 is 0 Å². The summed E-state index contributed by atoms with van der Waals surface area (Å²) in [6, 6.07) is 0. The molecular formula is C15H27N3O. The summed E-state index contributed by atoms with van der Waals surface area (Å²) in [5.74, 6) is 1.46. The van der Waals surface area contributed by atoms with Crippen molar-refractivity contribution < 1.29 is 4.74 Å². The summed E-state index contributed by atoms with van der Waals surface area (Å²) >= 11 is 0. The number of ether oxygens (including phenoxy) is 1. The maximum absolute atomic E-state index is 5.88. The van der Waals surface area contributed by atoms with E-state index in [2.05, 4.69) is 30.7 Å². The van der Waals surface area contributed by atoms with Gasteiger partial charge in [0.05, 0.1) is 12.2 Å². The lowest BCUT2D eigenvalue weighted by molar-refractivity contribution is 0.288. The molecule has 0 aliphatic heterocycles. The van der Waals surface area contributed by atoms with E-state index in [1.165, 1.54) is 38.4 Å². The fourth-order valence-electron chi connectivity index (χ4n) is 2.10. The number of aromatic nitrogens is 2. The Labute approximate surface area is 116 Å². The van der Waals surface area contributed by atoms with Crippen molar-refractivity contribution in [2.45, 2.75) is 65.2 Å². The third-order valence-electron chi connectivity index (χ3n) is 3.19. The van der Waals surface area contributed by atoms with Gasteiger partial charge in [-0.05, 0) is 12.3 Å². The molecule has 0 aliphatic carbocycles. The predicted molar refractivity (Wildman–Crippen MR) is 79.4 cm³/mol. The van der Waals surface area contributed by atoms with Crippen molar-refractivity contribution in [2.24, 2.45) is 0 Å². The Bertz CT molecular complexity index is 366. The summed E-state index contributed by atoms with van der Waals surface area (Å²) in [5, 5.41) is 0. The minimum Gasteiger partial charge on any atom is -0.477 e. The molecule has 0 saturated carbocycles. The minimum atomic E-state index is 0.278. The number of rotatable bonds is 9. The van der Waals surface area contributed by atoms with Crippen LogP contribution in [0.1, 0.15) is 70.8 Å². The van der Waals surface area contributed by atoms with Gasteiger partial charge in [0, 0.05) is 0 Å². The first-order valence-corrected chi connectivity index (χ1v) is 7.40. The molecule has 19 heavy (non-hydrogen) atoms. The standard InChI is InChI=1S/C15H27N3O/c1-4-5-6-7-8-9-10-19-15-13(12(2)3)14(16)17-11-18-15/h11-12H,4-10H2,1-3H3,(H2,16,17,18). The number of unbranched alkanes of at least 4 members (excludes halogenated alkanes) is 5. The predicted octanol–water partition coefficient (Wildman–Crippen LogP) is 3.92. The Morgan fingerprint density at radius 2 is 1.79 bits per heavy atom. The Kier molecular flexibility index (Phi) is 7.23. The third kappa shape index (κ3) is 5.45. The molecule has 0 fully saturated rings. The van der Waals surface area contributed by atoms with Crippen molar-refractivity contribution >= 4 is 5.82 Å². The maximum atomic E-state index is 5.88. The van der Waals surface area contributed by atoms with Gasteiger partial charge in [0.2, 0.25) is 5.88 Å². The summed E-state index contributed by atoms with van der Waals surface area (Å²) in [4.78, 5) is 8.22. The molecule has 0 amide bonds. The van der Waals surface area contributed by atoms with E-state index in [0.717, 1.165) is 12.0 Å². The highest BCUT2D eigenvalue weighted by atomic mass is 16.5. The van der Waals surface area contributed by atoms with E-state index in [0.29, 0.717) is 18.3 Å². The van der Waals surface area contributed by atoms with E-state index in [9.17, 15) is 0 Å². The van der Waals surface area contributed by atoms with E-state index < -0.39 is 0 Å². The van der Waals surface area contributed by atoms with Crippen molar-refractivity contribution in [2.75, 3.05) is 12.3 Å². The summed E-state index contributed by atoms with van der Waals surface area (Å²) < 4.78 is 5.75. The van der Waals surface area contributed by atoms with Crippen LogP contribution >= 0.6 is 0 Å². The molecule has 0 bridgehead atoms. The number of nitrogen functional groups attached to an aromatic ring is 1. The van der Waals surface area contributed by atoms with Crippen molar-refractivity contribution in [1.29, 1.82) is 0 Å². The lowest BCUT2D eigenvalue weighted by atomic mass is 10.1. The van der Waals surface area contributed by atoms with Crippen LogP contribution in [0, 0.1) is 0 Å². The zero-order valence-electron chi connectivity index (χ0n) is 12.5. The minimum absolute atomic E-state index is 0.278. The van der Waals surface area contributed by atoms with Crippen LogP contribution in [0.5, 0.6) is 5.88 Å². The summed E-state index contributed by atoms with van der Waals surface area (Å²) in [5.41, 5.74) is 6.80. The zero-order chi connectivity index (χ0) is 14.1. The molecule has 0 atom stereocenters. The van der Waals surface area contributed by atoms with Gasteiger partial charge in [0.15, 0.2) is 0 Å². The lowest BCUT2D eigenvalue weighted by Gasteiger charge is -2.13. The number of nitrogens with zero attached hydrogens (tertiary/aromatic N) is 2. The van der Waals surface area contributed by atoms with Crippen LogP contribution in [0.4, 0.5) is 5.82 Å². The van der Waals surface area contributed by atoms with Crippen molar-refractivity contribution in [1.82, 2.24) is 9.97 Å². The first kappa shape index (κ1) is 15.7. The molecule has 0 aliphatic rings. The fourth-order valence-corrected chi connectivity index (χ4v) is 2.10. The Balaban J connectivity index is 2.35. The first-order chi connectivity index (χ1) is 9.16. The van der Waals surface area contributed by atoms with Gasteiger partial charge in [-0.2, -0.15) is 0 Å². The molecule has 1 aromatic heterocycles. The van der Waals surface area contributed by atoms with Crippen LogP contribution in [0.15, 0.2) is 6.33 Å².